The van der Waals surface area contributed by atoms with E-state index in [0.29, 0.717) is 35.2 Å². The molecule has 1 aromatic rings. The Morgan fingerprint density at radius 3 is 2.43 bits per heavy atom. The van der Waals surface area contributed by atoms with Gasteiger partial charge in [0.25, 0.3) is 5.76 Å². The van der Waals surface area contributed by atoms with Crippen LogP contribution in [0.2, 0.25) is 0 Å². The number of alkyl halides is 2. The predicted molar refractivity (Wildman–Crippen MR) is 86.7 cm³/mol. The van der Waals surface area contributed by atoms with Crippen molar-refractivity contribution in [2.75, 3.05) is 5.32 Å². The van der Waals surface area contributed by atoms with Crippen LogP contribution in [0.1, 0.15) is 26.7 Å². The molecule has 0 heterocycles. The van der Waals surface area contributed by atoms with Crippen LogP contribution in [0.5, 0.6) is 0 Å². The highest BCUT2D eigenvalue weighted by Gasteiger charge is 2.38. The molecule has 0 fully saturated rings. The highest BCUT2D eigenvalue weighted by Crippen LogP contribution is 2.34. The standard InChI is InChI=1S/C14H18F2N2OS2/c1-3-14(4-2,11(17)20)12(19)18-9-7-5-6-8-10(9)21-13(15)16/h5-8,13H,3-4H2,1-2H3,(H2,17,20)(H,18,19). The average molecular weight is 332 g/mol. The summed E-state index contributed by atoms with van der Waals surface area (Å²) in [4.78, 5) is 12.9. The average Bonchev–Trinajstić information content (AvgIpc) is 2.42. The van der Waals surface area contributed by atoms with Crippen molar-refractivity contribution in [3.05, 3.63) is 24.3 Å². The first-order chi connectivity index (χ1) is 9.87. The quantitative estimate of drug-likeness (QED) is 0.585. The van der Waals surface area contributed by atoms with Gasteiger partial charge in [0.05, 0.1) is 16.1 Å². The van der Waals surface area contributed by atoms with E-state index in [1.54, 1.807) is 18.2 Å². The first-order valence-electron chi connectivity index (χ1n) is 6.52. The van der Waals surface area contributed by atoms with Gasteiger partial charge in [0.15, 0.2) is 0 Å². The normalized spacial score (nSPS) is 11.5. The Bertz CT molecular complexity index is 519. The molecule has 3 nitrogen and oxygen atoms in total. The van der Waals surface area contributed by atoms with Gasteiger partial charge in [-0.25, -0.2) is 0 Å². The van der Waals surface area contributed by atoms with Gasteiger partial charge in [0.1, 0.15) is 0 Å². The van der Waals surface area contributed by atoms with E-state index in [0.717, 1.165) is 0 Å². The number of rotatable bonds is 7. The topological polar surface area (TPSA) is 55.1 Å². The molecule has 0 bridgehead atoms. The highest BCUT2D eigenvalue weighted by atomic mass is 32.2. The maximum atomic E-state index is 12.5. The summed E-state index contributed by atoms with van der Waals surface area (Å²) in [6, 6.07) is 6.43. The van der Waals surface area contributed by atoms with E-state index < -0.39 is 11.2 Å². The molecule has 1 amide bonds. The molecule has 0 aliphatic carbocycles. The van der Waals surface area contributed by atoms with Gasteiger partial charge in [-0.1, -0.05) is 50.0 Å². The second-order valence-corrected chi connectivity index (χ2v) is 5.95. The van der Waals surface area contributed by atoms with Crippen LogP contribution in [0.4, 0.5) is 14.5 Å². The minimum atomic E-state index is -2.55. The maximum absolute atomic E-state index is 12.5. The van der Waals surface area contributed by atoms with Gasteiger partial charge >= 0.3 is 0 Å². The molecule has 1 aromatic carbocycles. The number of halogens is 2. The van der Waals surface area contributed by atoms with Gasteiger partial charge in [0, 0.05) is 4.90 Å². The lowest BCUT2D eigenvalue weighted by Crippen LogP contribution is -2.45. The Morgan fingerprint density at radius 1 is 1.38 bits per heavy atom. The van der Waals surface area contributed by atoms with E-state index >= 15 is 0 Å². The van der Waals surface area contributed by atoms with Crippen LogP contribution in [0, 0.1) is 5.41 Å². The van der Waals surface area contributed by atoms with Crippen molar-refractivity contribution in [1.82, 2.24) is 0 Å². The van der Waals surface area contributed by atoms with E-state index in [2.05, 4.69) is 5.32 Å². The summed E-state index contributed by atoms with van der Waals surface area (Å²) >= 11 is 5.40. The number of nitrogens with two attached hydrogens (primary N) is 1. The minimum absolute atomic E-state index is 0.115. The van der Waals surface area contributed by atoms with Crippen molar-refractivity contribution < 1.29 is 13.6 Å². The SMILES string of the molecule is CCC(CC)(C(=O)Nc1ccccc1SC(F)F)C(N)=S. The molecule has 21 heavy (non-hydrogen) atoms. The molecule has 116 valence electrons. The third-order valence-electron chi connectivity index (χ3n) is 3.46. The first-order valence-corrected chi connectivity index (χ1v) is 7.81. The Balaban J connectivity index is 3.05. The zero-order valence-corrected chi connectivity index (χ0v) is 13.5. The number of amides is 1. The lowest BCUT2D eigenvalue weighted by molar-refractivity contribution is -0.122. The predicted octanol–water partition coefficient (Wildman–Crippen LogP) is 4.03. The van der Waals surface area contributed by atoms with Crippen molar-refractivity contribution in [2.24, 2.45) is 11.1 Å². The van der Waals surface area contributed by atoms with Crippen molar-refractivity contribution in [3.8, 4) is 0 Å². The number of benzene rings is 1. The molecule has 0 saturated carbocycles. The summed E-state index contributed by atoms with van der Waals surface area (Å²) in [5, 5.41) is 2.68. The van der Waals surface area contributed by atoms with E-state index in [1.165, 1.54) is 6.07 Å². The summed E-state index contributed by atoms with van der Waals surface area (Å²) < 4.78 is 25.1. The Kier molecular flexibility index (Phi) is 6.54. The Hall–Kier alpha value is -1.21. The number of hydrogen-bond acceptors (Lipinski definition) is 3. The molecule has 0 aromatic heterocycles. The summed E-state index contributed by atoms with van der Waals surface area (Å²) in [5.41, 5.74) is 5.09. The number of thiocarbonyl (C=S) groups is 1. The maximum Gasteiger partial charge on any atom is 0.288 e. The molecule has 0 radical (unpaired) electrons. The molecular weight excluding hydrogens is 314 g/mol. The number of anilines is 1. The smallest absolute Gasteiger partial charge is 0.288 e. The van der Waals surface area contributed by atoms with E-state index in [9.17, 15) is 13.6 Å². The van der Waals surface area contributed by atoms with Gasteiger partial charge in [-0.15, -0.1) is 0 Å². The largest absolute Gasteiger partial charge is 0.392 e. The number of carbonyl (C=O) groups is 1. The molecule has 0 aliphatic heterocycles. The first kappa shape index (κ1) is 17.8. The molecule has 0 atom stereocenters. The zero-order valence-electron chi connectivity index (χ0n) is 11.9. The van der Waals surface area contributed by atoms with E-state index in [4.69, 9.17) is 18.0 Å². The van der Waals surface area contributed by atoms with E-state index in [1.807, 2.05) is 13.8 Å². The third kappa shape index (κ3) is 4.14. The molecule has 3 N–H and O–H groups in total. The van der Waals surface area contributed by atoms with Gasteiger partial charge < -0.3 is 11.1 Å². The Labute approximate surface area is 132 Å². The highest BCUT2D eigenvalue weighted by molar-refractivity contribution is 7.99. The summed E-state index contributed by atoms with van der Waals surface area (Å²) in [6.07, 6.45) is 0.906. The Morgan fingerprint density at radius 2 is 1.95 bits per heavy atom. The molecule has 1 rings (SSSR count). The van der Waals surface area contributed by atoms with Gasteiger partial charge in [-0.2, -0.15) is 8.78 Å². The number of para-hydroxylation sites is 1. The van der Waals surface area contributed by atoms with Crippen LogP contribution in [0.3, 0.4) is 0 Å². The fourth-order valence-electron chi connectivity index (χ4n) is 2.04. The minimum Gasteiger partial charge on any atom is -0.392 e. The summed E-state index contributed by atoms with van der Waals surface area (Å²) in [6.45, 7) is 3.64. The van der Waals surface area contributed by atoms with Crippen LogP contribution in [-0.2, 0) is 4.79 Å². The van der Waals surface area contributed by atoms with Crippen LogP contribution in [0.15, 0.2) is 29.2 Å². The number of carbonyl (C=O) groups excluding carboxylic acids is 1. The summed E-state index contributed by atoms with van der Waals surface area (Å²) in [5.74, 6) is -2.91. The lowest BCUT2D eigenvalue weighted by Gasteiger charge is -2.29. The third-order valence-corrected chi connectivity index (χ3v) is 4.64. The van der Waals surface area contributed by atoms with Gasteiger partial charge in [-0.05, 0) is 25.0 Å². The number of nitrogens with one attached hydrogen (secondary N) is 1. The van der Waals surface area contributed by atoms with Crippen molar-refractivity contribution in [1.29, 1.82) is 0 Å². The van der Waals surface area contributed by atoms with Crippen molar-refractivity contribution in [2.45, 2.75) is 37.3 Å². The zero-order chi connectivity index (χ0) is 16.0. The van der Waals surface area contributed by atoms with Crippen LogP contribution >= 0.6 is 24.0 Å². The fraction of sp³-hybridized carbons (Fsp3) is 0.429. The number of thioether (sulfide) groups is 1. The molecule has 0 spiro atoms. The monoisotopic (exact) mass is 332 g/mol. The second kappa shape index (κ2) is 7.70. The molecule has 0 unspecified atom stereocenters. The van der Waals surface area contributed by atoms with Gasteiger partial charge in [0.2, 0.25) is 5.91 Å². The van der Waals surface area contributed by atoms with Crippen LogP contribution in [-0.4, -0.2) is 16.7 Å². The van der Waals surface area contributed by atoms with Gasteiger partial charge in [-0.3, -0.25) is 4.79 Å². The molecule has 0 saturated heterocycles. The fourth-order valence-corrected chi connectivity index (χ4v) is 3.02. The number of hydrogen-bond donors (Lipinski definition) is 2. The van der Waals surface area contributed by atoms with Crippen molar-refractivity contribution in [3.63, 3.8) is 0 Å². The van der Waals surface area contributed by atoms with E-state index in [-0.39, 0.29) is 10.9 Å². The van der Waals surface area contributed by atoms with Crippen molar-refractivity contribution >= 4 is 40.6 Å². The molecular formula is C14H18F2N2OS2. The van der Waals surface area contributed by atoms with Crippen LogP contribution < -0.4 is 11.1 Å². The lowest BCUT2D eigenvalue weighted by atomic mass is 9.81. The van der Waals surface area contributed by atoms with Crippen LogP contribution in [0.25, 0.3) is 0 Å². The molecule has 0 aliphatic rings. The molecule has 7 heteroatoms. The summed E-state index contributed by atoms with van der Waals surface area (Å²) in [7, 11) is 0. The second-order valence-electron chi connectivity index (χ2n) is 4.48.